The number of nitrogens with zero attached hydrogens (tertiary/aromatic N) is 3. The maximum absolute atomic E-state index is 12.4. The fraction of sp³-hybridized carbons (Fsp3) is 0.500. The second-order valence-corrected chi connectivity index (χ2v) is 8.05. The number of rotatable bonds is 4. The molecule has 6 nitrogen and oxygen atoms in total. The van der Waals surface area contributed by atoms with Crippen molar-refractivity contribution in [3.8, 4) is 0 Å². The maximum Gasteiger partial charge on any atom is 0.261 e. The molecule has 25 heavy (non-hydrogen) atoms. The number of piperidine rings is 1. The zero-order valence-electron chi connectivity index (χ0n) is 14.1. The minimum Gasteiger partial charge on any atom is -0.386 e. The number of anilines is 1. The molecule has 0 saturated carbocycles. The Balaban J connectivity index is 1.38. The van der Waals surface area contributed by atoms with Crippen LogP contribution in [0.15, 0.2) is 24.7 Å². The average molecular weight is 358 g/mol. The predicted octanol–water partition coefficient (Wildman–Crippen LogP) is 1.79. The number of carbonyl (C=O) groups excluding carboxylic acids is 1. The zero-order valence-corrected chi connectivity index (χ0v) is 14.9. The second-order valence-electron chi connectivity index (χ2n) is 6.91. The molecular formula is C18H22N4O2S. The van der Waals surface area contributed by atoms with Gasteiger partial charge in [0, 0.05) is 36.9 Å². The smallest absolute Gasteiger partial charge is 0.261 e. The quantitative estimate of drug-likeness (QED) is 0.871. The van der Waals surface area contributed by atoms with Crippen molar-refractivity contribution in [2.75, 3.05) is 24.5 Å². The number of aliphatic hydroxyl groups is 1. The zero-order chi connectivity index (χ0) is 17.3. The van der Waals surface area contributed by atoms with Gasteiger partial charge < -0.3 is 15.3 Å². The molecule has 1 aliphatic carbocycles. The van der Waals surface area contributed by atoms with Gasteiger partial charge in [-0.2, -0.15) is 0 Å². The van der Waals surface area contributed by atoms with Crippen LogP contribution in [-0.2, 0) is 12.8 Å². The van der Waals surface area contributed by atoms with Crippen LogP contribution in [-0.4, -0.2) is 46.2 Å². The largest absolute Gasteiger partial charge is 0.386 e. The first-order valence-electron chi connectivity index (χ1n) is 8.76. The summed E-state index contributed by atoms with van der Waals surface area (Å²) < 4.78 is 0. The molecule has 3 heterocycles. The van der Waals surface area contributed by atoms with Gasteiger partial charge in [-0.1, -0.05) is 0 Å². The highest BCUT2D eigenvalue weighted by Gasteiger charge is 2.34. The van der Waals surface area contributed by atoms with E-state index in [2.05, 4.69) is 15.3 Å². The van der Waals surface area contributed by atoms with Crippen molar-refractivity contribution in [2.24, 2.45) is 0 Å². The molecule has 0 spiro atoms. The van der Waals surface area contributed by atoms with Crippen molar-refractivity contribution in [1.82, 2.24) is 15.3 Å². The number of hydrogen-bond acceptors (Lipinski definition) is 6. The van der Waals surface area contributed by atoms with E-state index in [9.17, 15) is 9.90 Å². The number of aromatic nitrogens is 2. The van der Waals surface area contributed by atoms with Gasteiger partial charge in [0.1, 0.15) is 5.82 Å². The Morgan fingerprint density at radius 2 is 2.28 bits per heavy atom. The van der Waals surface area contributed by atoms with E-state index in [1.54, 1.807) is 29.9 Å². The van der Waals surface area contributed by atoms with Crippen LogP contribution in [0.25, 0.3) is 0 Å². The molecule has 0 unspecified atom stereocenters. The Morgan fingerprint density at radius 3 is 3.08 bits per heavy atom. The molecule has 1 aliphatic heterocycles. The number of β-amino-alcohol motifs (C(OH)–C–C–N with tert-alkyl or cyclic N) is 1. The summed E-state index contributed by atoms with van der Waals surface area (Å²) in [5.41, 5.74) is 0.381. The van der Waals surface area contributed by atoms with Crippen molar-refractivity contribution in [3.63, 3.8) is 0 Å². The molecular weight excluding hydrogens is 336 g/mol. The minimum absolute atomic E-state index is 0.0792. The number of aryl methyl sites for hydroxylation is 2. The normalized spacial score (nSPS) is 22.7. The Morgan fingerprint density at radius 1 is 1.36 bits per heavy atom. The van der Waals surface area contributed by atoms with E-state index in [4.69, 9.17) is 0 Å². The van der Waals surface area contributed by atoms with E-state index in [-0.39, 0.29) is 12.5 Å². The number of fused-ring (bicyclic) bond motifs is 1. The number of amides is 1. The highest BCUT2D eigenvalue weighted by atomic mass is 32.1. The minimum atomic E-state index is -0.939. The van der Waals surface area contributed by atoms with Crippen LogP contribution in [0.1, 0.15) is 39.4 Å². The van der Waals surface area contributed by atoms with Gasteiger partial charge in [-0.25, -0.2) is 4.98 Å². The fourth-order valence-electron chi connectivity index (χ4n) is 3.68. The Labute approximate surface area is 150 Å². The summed E-state index contributed by atoms with van der Waals surface area (Å²) >= 11 is 1.59. The number of carbonyl (C=O) groups is 1. The summed E-state index contributed by atoms with van der Waals surface area (Å²) in [6.07, 6.45) is 9.89. The van der Waals surface area contributed by atoms with Crippen LogP contribution in [0.5, 0.6) is 0 Å². The second kappa shape index (κ2) is 6.72. The molecule has 1 atom stereocenters. The van der Waals surface area contributed by atoms with Gasteiger partial charge in [0.05, 0.1) is 16.7 Å². The molecule has 132 valence electrons. The molecule has 0 bridgehead atoms. The lowest BCUT2D eigenvalue weighted by molar-refractivity contribution is 0.0255. The van der Waals surface area contributed by atoms with Crippen molar-refractivity contribution in [3.05, 3.63) is 40.0 Å². The number of hydrogen-bond donors (Lipinski definition) is 2. The summed E-state index contributed by atoms with van der Waals surface area (Å²) in [4.78, 5) is 25.0. The summed E-state index contributed by atoms with van der Waals surface area (Å²) in [5.74, 6) is 0.686. The van der Waals surface area contributed by atoms with Gasteiger partial charge in [0.25, 0.3) is 5.91 Å². The molecule has 2 aromatic heterocycles. The summed E-state index contributed by atoms with van der Waals surface area (Å²) in [6, 6.07) is 2.01. The van der Waals surface area contributed by atoms with Crippen LogP contribution in [0.4, 0.5) is 5.82 Å². The SMILES string of the molecule is O=C(NC[C@@]1(O)CCCN(c2cnccn2)C1)c1cc2c(s1)CCC2. The molecule has 2 aliphatic rings. The topological polar surface area (TPSA) is 78.4 Å². The van der Waals surface area contributed by atoms with Crippen LogP contribution < -0.4 is 10.2 Å². The van der Waals surface area contributed by atoms with E-state index < -0.39 is 5.60 Å². The molecule has 1 fully saturated rings. The van der Waals surface area contributed by atoms with Crippen LogP contribution in [0.2, 0.25) is 0 Å². The monoisotopic (exact) mass is 358 g/mol. The molecule has 2 N–H and O–H groups in total. The van der Waals surface area contributed by atoms with Crippen molar-refractivity contribution >= 4 is 23.1 Å². The van der Waals surface area contributed by atoms with Crippen molar-refractivity contribution in [2.45, 2.75) is 37.7 Å². The standard InChI is InChI=1S/C18H22N4O2S/c23-17(15-9-13-3-1-4-14(13)25-15)21-11-18(24)5-2-8-22(12-18)16-10-19-6-7-20-16/h6-7,9-10,24H,1-5,8,11-12H2,(H,21,23)/t18-/m0/s1. The highest BCUT2D eigenvalue weighted by molar-refractivity contribution is 7.14. The van der Waals surface area contributed by atoms with E-state index in [1.807, 2.05) is 11.0 Å². The lowest BCUT2D eigenvalue weighted by atomic mass is 9.92. The number of thiophene rings is 1. The first-order valence-corrected chi connectivity index (χ1v) is 9.58. The Bertz CT molecular complexity index is 742. The van der Waals surface area contributed by atoms with Crippen molar-refractivity contribution in [1.29, 1.82) is 0 Å². The van der Waals surface area contributed by atoms with Gasteiger partial charge in [-0.3, -0.25) is 9.78 Å². The molecule has 2 aromatic rings. The Hall–Kier alpha value is -1.99. The predicted molar refractivity (Wildman–Crippen MR) is 97.1 cm³/mol. The lowest BCUT2D eigenvalue weighted by Gasteiger charge is -2.39. The first-order chi connectivity index (χ1) is 12.1. The van der Waals surface area contributed by atoms with Gasteiger partial charge in [0.2, 0.25) is 0 Å². The van der Waals surface area contributed by atoms with Gasteiger partial charge in [0.15, 0.2) is 0 Å². The lowest BCUT2D eigenvalue weighted by Crippen LogP contribution is -2.54. The van der Waals surface area contributed by atoms with Crippen LogP contribution in [0, 0.1) is 0 Å². The van der Waals surface area contributed by atoms with Crippen molar-refractivity contribution < 1.29 is 9.90 Å². The van der Waals surface area contributed by atoms with E-state index >= 15 is 0 Å². The van der Waals surface area contributed by atoms with Gasteiger partial charge in [-0.15, -0.1) is 11.3 Å². The van der Waals surface area contributed by atoms with Gasteiger partial charge in [-0.05, 0) is 43.7 Å². The third-order valence-corrected chi connectivity index (χ3v) is 6.21. The molecule has 0 aromatic carbocycles. The molecule has 1 saturated heterocycles. The summed E-state index contributed by atoms with van der Waals surface area (Å²) in [5, 5.41) is 13.8. The maximum atomic E-state index is 12.4. The van der Waals surface area contributed by atoms with Gasteiger partial charge >= 0.3 is 0 Å². The summed E-state index contributed by atoms with van der Waals surface area (Å²) in [6.45, 7) is 1.55. The van der Waals surface area contributed by atoms with E-state index in [0.29, 0.717) is 13.0 Å². The Kier molecular flexibility index (Phi) is 4.43. The first kappa shape index (κ1) is 16.5. The highest BCUT2D eigenvalue weighted by Crippen LogP contribution is 2.30. The van der Waals surface area contributed by atoms with Crippen LogP contribution >= 0.6 is 11.3 Å². The third-order valence-electron chi connectivity index (χ3n) is 4.98. The average Bonchev–Trinajstić information content (AvgIpc) is 3.23. The molecule has 0 radical (unpaired) electrons. The molecule has 7 heteroatoms. The van der Waals surface area contributed by atoms with E-state index in [1.165, 1.54) is 16.9 Å². The fourth-order valence-corrected chi connectivity index (χ4v) is 4.85. The number of nitrogens with one attached hydrogen (secondary N) is 1. The van der Waals surface area contributed by atoms with E-state index in [0.717, 1.165) is 36.5 Å². The third kappa shape index (κ3) is 3.52. The summed E-state index contributed by atoms with van der Waals surface area (Å²) in [7, 11) is 0. The molecule has 4 rings (SSSR count). The van der Waals surface area contributed by atoms with Crippen LogP contribution in [0.3, 0.4) is 0 Å². The molecule has 1 amide bonds.